The van der Waals surface area contributed by atoms with Gasteiger partial charge in [-0.15, -0.1) is 0 Å². The SMILES string of the molecule is COc1nccnc1OC1CCN(C(=O)CNC(C)=O)C1. The number of carbonyl (C=O) groups is 2. The van der Waals surface area contributed by atoms with E-state index in [4.69, 9.17) is 9.47 Å². The fourth-order valence-corrected chi connectivity index (χ4v) is 2.05. The van der Waals surface area contributed by atoms with Crippen LogP contribution in [0.1, 0.15) is 13.3 Å². The molecule has 0 bridgehead atoms. The number of methoxy groups -OCH3 is 1. The summed E-state index contributed by atoms with van der Waals surface area (Å²) in [6.07, 6.45) is 3.58. The van der Waals surface area contributed by atoms with Crippen molar-refractivity contribution in [3.63, 3.8) is 0 Å². The van der Waals surface area contributed by atoms with E-state index in [9.17, 15) is 9.59 Å². The molecule has 1 atom stereocenters. The third kappa shape index (κ3) is 4.04. The van der Waals surface area contributed by atoms with E-state index >= 15 is 0 Å². The topological polar surface area (TPSA) is 93.7 Å². The summed E-state index contributed by atoms with van der Waals surface area (Å²) in [6, 6.07) is 0. The number of nitrogens with zero attached hydrogens (tertiary/aromatic N) is 3. The van der Waals surface area contributed by atoms with Gasteiger partial charge in [-0.2, -0.15) is 0 Å². The van der Waals surface area contributed by atoms with Gasteiger partial charge < -0.3 is 19.7 Å². The minimum absolute atomic E-state index is 0.0104. The van der Waals surface area contributed by atoms with E-state index in [0.717, 1.165) is 0 Å². The third-order valence-corrected chi connectivity index (χ3v) is 3.09. The molecule has 1 aromatic heterocycles. The van der Waals surface area contributed by atoms with Crippen molar-refractivity contribution >= 4 is 11.8 Å². The molecule has 0 aliphatic carbocycles. The van der Waals surface area contributed by atoms with Crippen molar-refractivity contribution in [3.05, 3.63) is 12.4 Å². The van der Waals surface area contributed by atoms with Gasteiger partial charge in [0.15, 0.2) is 0 Å². The standard InChI is InChI=1S/C13H18N4O4/c1-9(18)16-7-11(19)17-6-3-10(8-17)21-13-12(20-2)14-4-5-15-13/h4-5,10H,3,6-8H2,1-2H3,(H,16,18). The van der Waals surface area contributed by atoms with Gasteiger partial charge in [-0.3, -0.25) is 9.59 Å². The molecule has 2 rings (SSSR count). The second kappa shape index (κ2) is 6.87. The molecule has 114 valence electrons. The van der Waals surface area contributed by atoms with E-state index in [-0.39, 0.29) is 24.5 Å². The van der Waals surface area contributed by atoms with E-state index in [2.05, 4.69) is 15.3 Å². The predicted octanol–water partition coefficient (Wildman–Crippen LogP) is -0.399. The number of hydrogen-bond donors (Lipinski definition) is 1. The minimum atomic E-state index is -0.223. The van der Waals surface area contributed by atoms with Crippen LogP contribution in [-0.2, 0) is 9.59 Å². The molecule has 0 saturated carbocycles. The number of aromatic nitrogens is 2. The van der Waals surface area contributed by atoms with Crippen molar-refractivity contribution in [2.24, 2.45) is 0 Å². The first-order chi connectivity index (χ1) is 10.1. The van der Waals surface area contributed by atoms with E-state index in [1.54, 1.807) is 4.90 Å². The molecular formula is C13H18N4O4. The van der Waals surface area contributed by atoms with Crippen LogP contribution in [0.2, 0.25) is 0 Å². The van der Waals surface area contributed by atoms with Gasteiger partial charge in [-0.1, -0.05) is 0 Å². The normalized spacial score (nSPS) is 17.4. The number of amides is 2. The Bertz CT molecular complexity index is 523. The first kappa shape index (κ1) is 15.0. The van der Waals surface area contributed by atoms with Crippen molar-refractivity contribution in [2.45, 2.75) is 19.4 Å². The van der Waals surface area contributed by atoms with Crippen LogP contribution in [0.25, 0.3) is 0 Å². The van der Waals surface area contributed by atoms with Gasteiger partial charge in [0.1, 0.15) is 6.10 Å². The van der Waals surface area contributed by atoms with Crippen LogP contribution in [0.5, 0.6) is 11.8 Å². The largest absolute Gasteiger partial charge is 0.477 e. The molecule has 1 aromatic rings. The quantitative estimate of drug-likeness (QED) is 0.794. The number of rotatable bonds is 5. The molecule has 0 spiro atoms. The lowest BCUT2D eigenvalue weighted by molar-refractivity contribution is -0.131. The van der Waals surface area contributed by atoms with Gasteiger partial charge in [-0.25, -0.2) is 9.97 Å². The Kier molecular flexibility index (Phi) is 4.91. The van der Waals surface area contributed by atoms with Crippen LogP contribution in [0.4, 0.5) is 0 Å². The van der Waals surface area contributed by atoms with Gasteiger partial charge >= 0.3 is 0 Å². The predicted molar refractivity (Wildman–Crippen MR) is 72.9 cm³/mol. The summed E-state index contributed by atoms with van der Waals surface area (Å²) in [5, 5.41) is 2.49. The van der Waals surface area contributed by atoms with Crippen molar-refractivity contribution in [3.8, 4) is 11.8 Å². The fourth-order valence-electron chi connectivity index (χ4n) is 2.05. The zero-order valence-corrected chi connectivity index (χ0v) is 12.0. The molecule has 1 aliphatic heterocycles. The van der Waals surface area contributed by atoms with Crippen LogP contribution in [0, 0.1) is 0 Å². The molecule has 21 heavy (non-hydrogen) atoms. The van der Waals surface area contributed by atoms with Crippen LogP contribution in [0.15, 0.2) is 12.4 Å². The average molecular weight is 294 g/mol. The molecule has 2 heterocycles. The van der Waals surface area contributed by atoms with Crippen LogP contribution in [-0.4, -0.2) is 59.5 Å². The second-order valence-electron chi connectivity index (χ2n) is 4.65. The number of hydrogen-bond acceptors (Lipinski definition) is 6. The van der Waals surface area contributed by atoms with Crippen molar-refractivity contribution in [1.82, 2.24) is 20.2 Å². The van der Waals surface area contributed by atoms with Crippen LogP contribution >= 0.6 is 0 Å². The summed E-state index contributed by atoms with van der Waals surface area (Å²) in [5.41, 5.74) is 0. The van der Waals surface area contributed by atoms with Gasteiger partial charge in [0.25, 0.3) is 11.8 Å². The molecule has 1 saturated heterocycles. The van der Waals surface area contributed by atoms with E-state index in [0.29, 0.717) is 31.3 Å². The van der Waals surface area contributed by atoms with Crippen LogP contribution in [0.3, 0.4) is 0 Å². The zero-order valence-electron chi connectivity index (χ0n) is 12.0. The molecule has 2 amide bonds. The summed E-state index contributed by atoms with van der Waals surface area (Å²) >= 11 is 0. The molecule has 0 aromatic carbocycles. The van der Waals surface area contributed by atoms with E-state index < -0.39 is 0 Å². The molecule has 1 fully saturated rings. The Morgan fingerprint density at radius 2 is 2.10 bits per heavy atom. The Morgan fingerprint density at radius 3 is 2.76 bits per heavy atom. The number of nitrogens with one attached hydrogen (secondary N) is 1. The fraction of sp³-hybridized carbons (Fsp3) is 0.538. The van der Waals surface area contributed by atoms with E-state index in [1.807, 2.05) is 0 Å². The lowest BCUT2D eigenvalue weighted by Crippen LogP contribution is -2.39. The van der Waals surface area contributed by atoms with Crippen LogP contribution < -0.4 is 14.8 Å². The second-order valence-corrected chi connectivity index (χ2v) is 4.65. The highest BCUT2D eigenvalue weighted by Crippen LogP contribution is 2.23. The van der Waals surface area contributed by atoms with E-state index in [1.165, 1.54) is 26.4 Å². The first-order valence-electron chi connectivity index (χ1n) is 6.64. The Balaban J connectivity index is 1.87. The molecule has 8 nitrogen and oxygen atoms in total. The van der Waals surface area contributed by atoms with Crippen molar-refractivity contribution < 1.29 is 19.1 Å². The summed E-state index contributed by atoms with van der Waals surface area (Å²) in [5.74, 6) is 0.295. The maximum atomic E-state index is 11.9. The molecule has 0 radical (unpaired) electrons. The molecular weight excluding hydrogens is 276 g/mol. The third-order valence-electron chi connectivity index (χ3n) is 3.09. The maximum absolute atomic E-state index is 11.9. The Morgan fingerprint density at radius 1 is 1.38 bits per heavy atom. The lowest BCUT2D eigenvalue weighted by atomic mass is 10.3. The number of likely N-dealkylation sites (tertiary alicyclic amines) is 1. The number of carbonyl (C=O) groups excluding carboxylic acids is 2. The van der Waals surface area contributed by atoms with Gasteiger partial charge in [-0.05, 0) is 0 Å². The smallest absolute Gasteiger partial charge is 0.278 e. The molecule has 8 heteroatoms. The number of ether oxygens (including phenoxy) is 2. The monoisotopic (exact) mass is 294 g/mol. The maximum Gasteiger partial charge on any atom is 0.278 e. The van der Waals surface area contributed by atoms with Crippen molar-refractivity contribution in [1.29, 1.82) is 0 Å². The Labute approximate surface area is 122 Å². The Hall–Kier alpha value is -2.38. The first-order valence-corrected chi connectivity index (χ1v) is 6.64. The summed E-state index contributed by atoms with van der Waals surface area (Å²) in [4.78, 5) is 32.4. The minimum Gasteiger partial charge on any atom is -0.477 e. The zero-order chi connectivity index (χ0) is 15.2. The summed E-state index contributed by atoms with van der Waals surface area (Å²) < 4.78 is 10.8. The lowest BCUT2D eigenvalue weighted by Gasteiger charge is -2.17. The van der Waals surface area contributed by atoms with Gasteiger partial charge in [0.05, 0.1) is 20.2 Å². The highest BCUT2D eigenvalue weighted by Gasteiger charge is 2.28. The highest BCUT2D eigenvalue weighted by atomic mass is 16.5. The molecule has 1 unspecified atom stereocenters. The molecule has 1 N–H and O–H groups in total. The summed E-state index contributed by atoms with van der Waals surface area (Å²) in [6.45, 7) is 2.43. The molecule has 1 aliphatic rings. The highest BCUT2D eigenvalue weighted by molar-refractivity contribution is 5.83. The van der Waals surface area contributed by atoms with Gasteiger partial charge in [0, 0.05) is 32.3 Å². The average Bonchev–Trinajstić information content (AvgIpc) is 2.94. The van der Waals surface area contributed by atoms with Gasteiger partial charge in [0.2, 0.25) is 11.8 Å². The van der Waals surface area contributed by atoms with Crippen molar-refractivity contribution in [2.75, 3.05) is 26.7 Å². The summed E-state index contributed by atoms with van der Waals surface area (Å²) in [7, 11) is 1.49.